The first-order chi connectivity index (χ1) is 9.33. The maximum absolute atomic E-state index is 11.4. The van der Waals surface area contributed by atoms with Crippen molar-refractivity contribution in [2.24, 2.45) is 0 Å². The summed E-state index contributed by atoms with van der Waals surface area (Å²) in [7, 11) is 0. The topological polar surface area (TPSA) is 52.1 Å². The van der Waals surface area contributed by atoms with Crippen LogP contribution in [0.25, 0.3) is 0 Å². The highest BCUT2D eigenvalue weighted by Gasteiger charge is 2.06. The lowest BCUT2D eigenvalue weighted by atomic mass is 10.1. The van der Waals surface area contributed by atoms with Crippen LogP contribution in [0.3, 0.4) is 0 Å². The van der Waals surface area contributed by atoms with E-state index in [0.717, 1.165) is 12.8 Å². The Morgan fingerprint density at radius 2 is 1.74 bits per heavy atom. The normalized spacial score (nSPS) is 10.6. The average Bonchev–Trinajstić information content (AvgIpc) is 2.89. The molecule has 0 aromatic carbocycles. The fraction of sp³-hybridized carbons (Fsp3) is 0.786. The number of ether oxygens (including phenoxy) is 1. The third-order valence-electron chi connectivity index (χ3n) is 3.04. The molecule has 0 atom stereocenters. The third-order valence-corrected chi connectivity index (χ3v) is 3.53. The molecule has 0 aliphatic carbocycles. The zero-order valence-corrected chi connectivity index (χ0v) is 12.6. The van der Waals surface area contributed by atoms with E-state index in [9.17, 15) is 4.79 Å². The zero-order valence-electron chi connectivity index (χ0n) is 11.8. The van der Waals surface area contributed by atoms with Crippen molar-refractivity contribution in [3.63, 3.8) is 0 Å². The van der Waals surface area contributed by atoms with E-state index in [1.54, 1.807) is 5.38 Å². The molecule has 0 N–H and O–H groups in total. The first-order valence-corrected chi connectivity index (χ1v) is 8.14. The van der Waals surface area contributed by atoms with E-state index in [0.29, 0.717) is 12.3 Å². The lowest BCUT2D eigenvalue weighted by Gasteiger charge is -2.02. The quantitative estimate of drug-likeness (QED) is 0.447. The number of hydrogen-bond donors (Lipinski definition) is 0. The van der Waals surface area contributed by atoms with Crippen molar-refractivity contribution < 1.29 is 9.53 Å². The minimum Gasteiger partial charge on any atom is -0.405 e. The number of rotatable bonds is 11. The van der Waals surface area contributed by atoms with Crippen LogP contribution in [0.2, 0.25) is 0 Å². The van der Waals surface area contributed by atoms with Gasteiger partial charge in [-0.2, -0.15) is 0 Å². The van der Waals surface area contributed by atoms with Crippen LogP contribution in [0, 0.1) is 0 Å². The maximum Gasteiger partial charge on any atom is 0.312 e. The summed E-state index contributed by atoms with van der Waals surface area (Å²) < 4.78 is 8.67. The van der Waals surface area contributed by atoms with E-state index in [2.05, 4.69) is 16.5 Å². The van der Waals surface area contributed by atoms with Crippen molar-refractivity contribution in [3.05, 3.63) is 5.38 Å². The Balaban J connectivity index is 1.86. The summed E-state index contributed by atoms with van der Waals surface area (Å²) in [5.41, 5.74) is 0. The Labute approximate surface area is 119 Å². The van der Waals surface area contributed by atoms with E-state index in [1.165, 1.54) is 56.5 Å². The van der Waals surface area contributed by atoms with Crippen molar-refractivity contribution in [2.45, 2.75) is 71.1 Å². The first-order valence-electron chi connectivity index (χ1n) is 7.30. The van der Waals surface area contributed by atoms with Gasteiger partial charge in [0.05, 0.1) is 5.38 Å². The molecule has 1 aromatic heterocycles. The molecule has 0 saturated heterocycles. The Kier molecular flexibility index (Phi) is 9.23. The standard InChI is InChI=1S/C14H24N2O2S/c1-2-3-4-5-6-7-8-9-10-11-14(17)18-13-12-19-16-15-13/h12H,2-11H2,1H3. The second-order valence-corrected chi connectivity index (χ2v) is 5.41. The number of esters is 1. The molecule has 0 unspecified atom stereocenters. The van der Waals surface area contributed by atoms with Gasteiger partial charge in [-0.05, 0) is 18.0 Å². The van der Waals surface area contributed by atoms with Gasteiger partial charge in [0.15, 0.2) is 0 Å². The molecule has 1 heterocycles. The lowest BCUT2D eigenvalue weighted by Crippen LogP contribution is -2.07. The minimum atomic E-state index is -0.198. The van der Waals surface area contributed by atoms with Gasteiger partial charge in [-0.3, -0.25) is 4.79 Å². The molecule has 1 rings (SSSR count). The van der Waals surface area contributed by atoms with Gasteiger partial charge in [0.25, 0.3) is 5.88 Å². The Bertz CT molecular complexity index is 328. The van der Waals surface area contributed by atoms with E-state index in [1.807, 2.05) is 0 Å². The number of aromatic nitrogens is 2. The highest BCUT2D eigenvalue weighted by Crippen LogP contribution is 2.12. The number of carbonyl (C=O) groups is 1. The first kappa shape index (κ1) is 16.1. The number of nitrogens with zero attached hydrogens (tertiary/aromatic N) is 2. The Morgan fingerprint density at radius 1 is 1.11 bits per heavy atom. The summed E-state index contributed by atoms with van der Waals surface area (Å²) in [6.45, 7) is 2.24. The van der Waals surface area contributed by atoms with Crippen LogP contribution in [0.5, 0.6) is 5.88 Å². The molecular weight excluding hydrogens is 260 g/mol. The lowest BCUT2D eigenvalue weighted by molar-refractivity contribution is -0.134. The molecule has 5 heteroatoms. The van der Waals surface area contributed by atoms with Crippen molar-refractivity contribution >= 4 is 17.5 Å². The van der Waals surface area contributed by atoms with Crippen LogP contribution >= 0.6 is 11.5 Å². The molecule has 0 amide bonds. The van der Waals surface area contributed by atoms with E-state index >= 15 is 0 Å². The summed E-state index contributed by atoms with van der Waals surface area (Å²) >= 11 is 1.19. The smallest absolute Gasteiger partial charge is 0.312 e. The van der Waals surface area contributed by atoms with Gasteiger partial charge < -0.3 is 4.74 Å². The molecule has 0 spiro atoms. The van der Waals surface area contributed by atoms with Gasteiger partial charge in [-0.15, -0.1) is 0 Å². The predicted octanol–water partition coefficient (Wildman–Crippen LogP) is 4.36. The minimum absolute atomic E-state index is 0.198. The molecule has 19 heavy (non-hydrogen) atoms. The Hall–Kier alpha value is -0.970. The summed E-state index contributed by atoms with van der Waals surface area (Å²) in [6, 6.07) is 0. The van der Waals surface area contributed by atoms with Crippen LogP contribution < -0.4 is 4.74 Å². The van der Waals surface area contributed by atoms with E-state index < -0.39 is 0 Å². The molecule has 0 aliphatic heterocycles. The molecule has 108 valence electrons. The van der Waals surface area contributed by atoms with Crippen molar-refractivity contribution in [1.29, 1.82) is 0 Å². The summed E-state index contributed by atoms with van der Waals surface area (Å²) in [5.74, 6) is 0.126. The second kappa shape index (κ2) is 10.9. The van der Waals surface area contributed by atoms with Crippen molar-refractivity contribution in [1.82, 2.24) is 9.59 Å². The largest absolute Gasteiger partial charge is 0.405 e. The van der Waals surface area contributed by atoms with Gasteiger partial charge in [-0.1, -0.05) is 67.9 Å². The molecule has 0 saturated carbocycles. The van der Waals surface area contributed by atoms with Gasteiger partial charge in [0.1, 0.15) is 0 Å². The van der Waals surface area contributed by atoms with E-state index in [-0.39, 0.29) is 5.97 Å². The number of carbonyl (C=O) groups excluding carboxylic acids is 1. The fourth-order valence-corrected chi connectivity index (χ4v) is 2.31. The number of hydrogen-bond acceptors (Lipinski definition) is 5. The van der Waals surface area contributed by atoms with Crippen LogP contribution in [-0.2, 0) is 4.79 Å². The van der Waals surface area contributed by atoms with Gasteiger partial charge in [0.2, 0.25) is 0 Å². The molecule has 0 radical (unpaired) electrons. The van der Waals surface area contributed by atoms with Gasteiger partial charge in [-0.25, -0.2) is 0 Å². The van der Waals surface area contributed by atoms with E-state index in [4.69, 9.17) is 4.74 Å². The summed E-state index contributed by atoms with van der Waals surface area (Å²) in [4.78, 5) is 11.4. The predicted molar refractivity (Wildman–Crippen MR) is 77.4 cm³/mol. The van der Waals surface area contributed by atoms with Crippen molar-refractivity contribution in [3.8, 4) is 5.88 Å². The monoisotopic (exact) mass is 284 g/mol. The molecule has 1 aromatic rings. The summed E-state index contributed by atoms with van der Waals surface area (Å²) in [5, 5.41) is 5.31. The van der Waals surface area contributed by atoms with Crippen LogP contribution in [-0.4, -0.2) is 15.6 Å². The molecule has 4 nitrogen and oxygen atoms in total. The van der Waals surface area contributed by atoms with Crippen LogP contribution in [0.4, 0.5) is 0 Å². The molecule has 0 fully saturated rings. The summed E-state index contributed by atoms with van der Waals surface area (Å²) in [6.07, 6.45) is 11.7. The van der Waals surface area contributed by atoms with Gasteiger partial charge in [0, 0.05) is 6.42 Å². The third kappa shape index (κ3) is 8.70. The highest BCUT2D eigenvalue weighted by molar-refractivity contribution is 7.03. The van der Waals surface area contributed by atoms with Crippen LogP contribution in [0.15, 0.2) is 5.38 Å². The molecule has 0 aliphatic rings. The average molecular weight is 284 g/mol. The molecule has 0 bridgehead atoms. The molecular formula is C14H24N2O2S. The Morgan fingerprint density at radius 3 is 2.32 bits per heavy atom. The second-order valence-electron chi connectivity index (χ2n) is 4.80. The van der Waals surface area contributed by atoms with Crippen molar-refractivity contribution in [2.75, 3.05) is 0 Å². The van der Waals surface area contributed by atoms with Crippen LogP contribution in [0.1, 0.15) is 71.1 Å². The SMILES string of the molecule is CCCCCCCCCCCC(=O)Oc1csnn1. The zero-order chi connectivity index (χ0) is 13.8. The maximum atomic E-state index is 11.4. The number of unbranched alkanes of at least 4 members (excludes halogenated alkanes) is 8. The fourth-order valence-electron chi connectivity index (χ4n) is 1.95. The van der Waals surface area contributed by atoms with Gasteiger partial charge >= 0.3 is 5.97 Å². The highest BCUT2D eigenvalue weighted by atomic mass is 32.1.